The van der Waals surface area contributed by atoms with Crippen LogP contribution >= 0.6 is 0 Å². The Kier molecular flexibility index (Phi) is 37.9. The van der Waals surface area contributed by atoms with Crippen molar-refractivity contribution in [3.05, 3.63) is 23.3 Å². The van der Waals surface area contributed by atoms with E-state index in [4.69, 9.17) is 14.2 Å². The topological polar surface area (TPSA) is 82.1 Å². The molecule has 0 aromatic carbocycles. The van der Waals surface area contributed by atoms with E-state index in [0.29, 0.717) is 45.3 Å². The van der Waals surface area contributed by atoms with Gasteiger partial charge in [0, 0.05) is 19.3 Å². The molecule has 0 heterocycles. The number of rotatable bonds is 41. The van der Waals surface area contributed by atoms with Crippen LogP contribution in [0.25, 0.3) is 0 Å². The molecule has 62 heavy (non-hydrogen) atoms. The molecule has 0 rings (SSSR count). The van der Waals surface area contributed by atoms with Crippen molar-refractivity contribution in [3.8, 4) is 0 Å². The molecule has 0 amide bonds. The Morgan fingerprint density at radius 1 is 0.419 bits per heavy atom. The summed E-state index contributed by atoms with van der Waals surface area (Å²) in [5.41, 5.74) is 2.54. The molecule has 4 atom stereocenters. The van der Waals surface area contributed by atoms with Gasteiger partial charge in [-0.3, -0.25) is 14.4 Å². The van der Waals surface area contributed by atoms with Crippen LogP contribution in [0.2, 0.25) is 0 Å². The number of nitrogens with zero attached hydrogens (tertiary/aromatic N) is 1. The van der Waals surface area contributed by atoms with Gasteiger partial charge in [-0.15, -0.1) is 0 Å². The van der Waals surface area contributed by atoms with E-state index in [1.807, 2.05) is 26.2 Å². The molecular formula is C55H103NO6. The molecule has 0 aliphatic carbocycles. The first-order valence-corrected chi connectivity index (χ1v) is 25.9. The van der Waals surface area contributed by atoms with Crippen molar-refractivity contribution >= 4 is 17.9 Å². The summed E-state index contributed by atoms with van der Waals surface area (Å²) >= 11 is 0. The fourth-order valence-electron chi connectivity index (χ4n) is 8.31. The number of hydrogen-bond donors (Lipinski definition) is 0. The van der Waals surface area contributed by atoms with Crippen LogP contribution in [0, 0.1) is 35.5 Å². The molecule has 4 unspecified atom stereocenters. The first-order chi connectivity index (χ1) is 29.5. The summed E-state index contributed by atoms with van der Waals surface area (Å²) in [5.74, 6) is 4.13. The molecule has 0 radical (unpaired) electrons. The summed E-state index contributed by atoms with van der Waals surface area (Å²) in [6.07, 6.45) is 30.7. The number of carbonyl (C=O) groups is 3. The molecule has 0 saturated carbocycles. The van der Waals surface area contributed by atoms with Crippen molar-refractivity contribution in [2.45, 2.75) is 242 Å². The van der Waals surface area contributed by atoms with Gasteiger partial charge in [0.15, 0.2) is 0 Å². The SMILES string of the molecule is CC(=CCOC(=O)CCCC(CCCC(=O)OCC=C(C)CCCC(C)CCCC(C)CCCC(C)C)OC(=O)CCCN(C)C)CCCC(C)CCCC(C)CCCC(C)C. The Bertz CT molecular complexity index is 1100. The Morgan fingerprint density at radius 3 is 1.10 bits per heavy atom. The Morgan fingerprint density at radius 2 is 0.742 bits per heavy atom. The predicted octanol–water partition coefficient (Wildman–Crippen LogP) is 15.4. The van der Waals surface area contributed by atoms with Gasteiger partial charge in [-0.25, -0.2) is 0 Å². The van der Waals surface area contributed by atoms with Crippen LogP contribution in [0.3, 0.4) is 0 Å². The number of ether oxygens (including phenoxy) is 3. The third-order valence-electron chi connectivity index (χ3n) is 12.7. The van der Waals surface area contributed by atoms with E-state index in [0.717, 1.165) is 61.3 Å². The minimum Gasteiger partial charge on any atom is -0.462 e. The zero-order chi connectivity index (χ0) is 46.5. The van der Waals surface area contributed by atoms with Crippen LogP contribution in [0.1, 0.15) is 236 Å². The molecule has 7 heteroatoms. The van der Waals surface area contributed by atoms with Gasteiger partial charge in [-0.1, -0.05) is 156 Å². The molecule has 0 saturated heterocycles. The van der Waals surface area contributed by atoms with Crippen LogP contribution in [-0.2, 0) is 28.6 Å². The van der Waals surface area contributed by atoms with E-state index in [1.165, 1.54) is 114 Å². The largest absolute Gasteiger partial charge is 0.462 e. The number of allylic oxidation sites excluding steroid dienone is 2. The van der Waals surface area contributed by atoms with Crippen molar-refractivity contribution in [1.82, 2.24) is 4.90 Å². The molecule has 0 bridgehead atoms. The highest BCUT2D eigenvalue weighted by molar-refractivity contribution is 5.70. The van der Waals surface area contributed by atoms with Crippen molar-refractivity contribution in [2.75, 3.05) is 33.9 Å². The highest BCUT2D eigenvalue weighted by Gasteiger charge is 2.17. The summed E-state index contributed by atoms with van der Waals surface area (Å²) < 4.78 is 16.9. The maximum Gasteiger partial charge on any atom is 0.306 e. The smallest absolute Gasteiger partial charge is 0.306 e. The third-order valence-corrected chi connectivity index (χ3v) is 12.7. The summed E-state index contributed by atoms with van der Waals surface area (Å²) in [4.78, 5) is 39.9. The molecular weight excluding hydrogens is 771 g/mol. The van der Waals surface area contributed by atoms with Gasteiger partial charge < -0.3 is 19.1 Å². The average molecular weight is 874 g/mol. The number of esters is 3. The summed E-state index contributed by atoms with van der Waals surface area (Å²) in [5, 5.41) is 0. The lowest BCUT2D eigenvalue weighted by Crippen LogP contribution is -2.21. The lowest BCUT2D eigenvalue weighted by Gasteiger charge is -2.18. The second-order valence-electron chi connectivity index (χ2n) is 21.0. The number of carbonyl (C=O) groups excluding carboxylic acids is 3. The highest BCUT2D eigenvalue weighted by atomic mass is 16.5. The standard InChI is InChI=1S/C55H103NO6/c1-44(2)22-13-24-46(5)26-15-28-48(7)30-17-32-50(9)39-42-60-53(57)36-19-34-52(62-55(59)38-21-41-56(11)12)35-20-37-54(58)61-43-40-51(10)33-18-31-49(8)29-16-27-47(6)25-14-23-45(3)4/h39-40,44-49,52H,13-38,41-43H2,1-12H3. The van der Waals surface area contributed by atoms with E-state index < -0.39 is 0 Å². The first kappa shape index (κ1) is 59.9. The van der Waals surface area contributed by atoms with Crippen molar-refractivity contribution in [3.63, 3.8) is 0 Å². The summed E-state index contributed by atoms with van der Waals surface area (Å²) in [6, 6.07) is 0. The molecule has 0 aromatic heterocycles. The molecule has 0 N–H and O–H groups in total. The fraction of sp³-hybridized carbons (Fsp3) is 0.873. The quantitative estimate of drug-likeness (QED) is 0.0344. The maximum absolute atomic E-state index is 12.7. The molecule has 0 aliphatic heterocycles. The van der Waals surface area contributed by atoms with Crippen molar-refractivity contribution in [2.24, 2.45) is 35.5 Å². The Labute approximate surface area is 385 Å². The van der Waals surface area contributed by atoms with Gasteiger partial charge in [-0.05, 0) is 140 Å². The molecule has 364 valence electrons. The second-order valence-corrected chi connectivity index (χ2v) is 21.0. The maximum atomic E-state index is 12.7. The summed E-state index contributed by atoms with van der Waals surface area (Å²) in [7, 11) is 3.97. The van der Waals surface area contributed by atoms with Gasteiger partial charge in [0.2, 0.25) is 0 Å². The van der Waals surface area contributed by atoms with Crippen molar-refractivity contribution in [1.29, 1.82) is 0 Å². The second kappa shape index (κ2) is 39.2. The van der Waals surface area contributed by atoms with Gasteiger partial charge in [0.05, 0.1) is 0 Å². The minimum atomic E-state index is -0.340. The first-order valence-electron chi connectivity index (χ1n) is 25.9. The molecule has 0 aliphatic rings. The monoisotopic (exact) mass is 874 g/mol. The predicted molar refractivity (Wildman–Crippen MR) is 264 cm³/mol. The molecule has 0 fully saturated rings. The average Bonchev–Trinajstić information content (AvgIpc) is 3.17. The Hall–Kier alpha value is -2.15. The van der Waals surface area contributed by atoms with Crippen LogP contribution in [0.4, 0.5) is 0 Å². The van der Waals surface area contributed by atoms with Crippen molar-refractivity contribution < 1.29 is 28.6 Å². The lowest BCUT2D eigenvalue weighted by molar-refractivity contribution is -0.150. The van der Waals surface area contributed by atoms with Gasteiger partial charge in [-0.2, -0.15) is 0 Å². The van der Waals surface area contributed by atoms with Gasteiger partial charge >= 0.3 is 17.9 Å². The lowest BCUT2D eigenvalue weighted by atomic mass is 9.91. The van der Waals surface area contributed by atoms with Crippen LogP contribution in [-0.4, -0.2) is 62.8 Å². The van der Waals surface area contributed by atoms with E-state index in [2.05, 4.69) is 74.1 Å². The molecule has 7 nitrogen and oxygen atoms in total. The number of hydrogen-bond acceptors (Lipinski definition) is 7. The highest BCUT2D eigenvalue weighted by Crippen LogP contribution is 2.24. The molecule has 0 aromatic rings. The van der Waals surface area contributed by atoms with Crippen LogP contribution in [0.5, 0.6) is 0 Å². The van der Waals surface area contributed by atoms with Crippen LogP contribution < -0.4 is 0 Å². The minimum absolute atomic E-state index is 0.226. The van der Waals surface area contributed by atoms with Crippen LogP contribution in [0.15, 0.2) is 23.3 Å². The zero-order valence-corrected chi connectivity index (χ0v) is 43.1. The third kappa shape index (κ3) is 40.6. The van der Waals surface area contributed by atoms with E-state index in [1.54, 1.807) is 0 Å². The Balaban J connectivity index is 4.49. The van der Waals surface area contributed by atoms with Gasteiger partial charge in [0.1, 0.15) is 19.3 Å². The fourth-order valence-corrected chi connectivity index (χ4v) is 8.31. The summed E-state index contributed by atoms with van der Waals surface area (Å²) in [6.45, 7) is 24.5. The van der Waals surface area contributed by atoms with Gasteiger partial charge in [0.25, 0.3) is 0 Å². The molecule has 0 spiro atoms. The van der Waals surface area contributed by atoms with E-state index in [9.17, 15) is 14.4 Å². The van der Waals surface area contributed by atoms with E-state index >= 15 is 0 Å². The zero-order valence-electron chi connectivity index (χ0n) is 43.1. The van der Waals surface area contributed by atoms with E-state index in [-0.39, 0.29) is 36.9 Å². The normalized spacial score (nSPS) is 14.9.